The second kappa shape index (κ2) is 8.32. The number of piperidine rings is 1. The Labute approximate surface area is 196 Å². The topological polar surface area (TPSA) is 139 Å². The molecule has 0 saturated carbocycles. The molecule has 1 aliphatic heterocycles. The van der Waals surface area contributed by atoms with Gasteiger partial charge in [-0.05, 0) is 40.9 Å². The molecule has 5 rings (SSSR count). The maximum atomic E-state index is 12.0. The summed E-state index contributed by atoms with van der Waals surface area (Å²) < 4.78 is 2.28. The van der Waals surface area contributed by atoms with Crippen LogP contribution in [0.2, 0.25) is 0 Å². The molecule has 11 heteroatoms. The molecule has 3 amide bonds. The van der Waals surface area contributed by atoms with Gasteiger partial charge < -0.3 is 15.7 Å². The Hall–Kier alpha value is -3.73. The summed E-state index contributed by atoms with van der Waals surface area (Å²) in [4.78, 5) is 33.7. The van der Waals surface area contributed by atoms with Gasteiger partial charge in [-0.3, -0.25) is 4.98 Å². The molecule has 1 fully saturated rings. The van der Waals surface area contributed by atoms with Crippen LogP contribution in [0.15, 0.2) is 47.2 Å². The number of rotatable bonds is 2. The van der Waals surface area contributed by atoms with Crippen LogP contribution in [0.1, 0.15) is 24.5 Å². The third kappa shape index (κ3) is 3.84. The van der Waals surface area contributed by atoms with Crippen LogP contribution in [0.4, 0.5) is 15.4 Å². The van der Waals surface area contributed by atoms with E-state index in [9.17, 15) is 9.59 Å². The van der Waals surface area contributed by atoms with Gasteiger partial charge in [0.15, 0.2) is 5.65 Å². The number of nitrogens with one attached hydrogen (secondary N) is 1. The quantitative estimate of drug-likeness (QED) is 0.372. The highest BCUT2D eigenvalue weighted by Crippen LogP contribution is 2.37. The van der Waals surface area contributed by atoms with E-state index in [1.54, 1.807) is 16.9 Å². The summed E-state index contributed by atoms with van der Waals surface area (Å²) in [6, 6.07) is 9.34. The van der Waals surface area contributed by atoms with Gasteiger partial charge in [-0.25, -0.2) is 19.9 Å². The molecule has 33 heavy (non-hydrogen) atoms. The SMILES string of the molecule is Nc1c(Br)c(C2CCN(C(=O)NC(=O)O)CC2)nc2c(-c3cnc4ccccc4c3)cnn12. The predicted octanol–water partition coefficient (Wildman–Crippen LogP) is 3.86. The van der Waals surface area contributed by atoms with E-state index in [1.165, 1.54) is 4.90 Å². The van der Waals surface area contributed by atoms with Crippen molar-refractivity contribution in [3.05, 3.63) is 52.9 Å². The highest BCUT2D eigenvalue weighted by atomic mass is 79.9. The van der Waals surface area contributed by atoms with Gasteiger partial charge >= 0.3 is 12.1 Å². The smallest absolute Gasteiger partial charge is 0.412 e. The summed E-state index contributed by atoms with van der Waals surface area (Å²) in [5.74, 6) is 0.499. The second-order valence-electron chi connectivity index (χ2n) is 7.90. The summed E-state index contributed by atoms with van der Waals surface area (Å²) >= 11 is 3.58. The zero-order valence-electron chi connectivity index (χ0n) is 17.4. The number of hydrogen-bond donors (Lipinski definition) is 3. The molecule has 0 bridgehead atoms. The van der Waals surface area contributed by atoms with E-state index in [2.05, 4.69) is 32.1 Å². The van der Waals surface area contributed by atoms with Gasteiger partial charge in [0.1, 0.15) is 5.82 Å². The van der Waals surface area contributed by atoms with Crippen molar-refractivity contribution in [1.29, 1.82) is 0 Å². The molecule has 10 nitrogen and oxygen atoms in total. The monoisotopic (exact) mass is 509 g/mol. The first kappa shape index (κ1) is 21.1. The van der Waals surface area contributed by atoms with Crippen LogP contribution in [0.5, 0.6) is 0 Å². The fraction of sp³-hybridized carbons (Fsp3) is 0.227. The van der Waals surface area contributed by atoms with Gasteiger partial charge in [-0.1, -0.05) is 18.2 Å². The molecule has 1 aromatic carbocycles. The number of likely N-dealkylation sites (tertiary alicyclic amines) is 1. The minimum Gasteiger partial charge on any atom is -0.465 e. The second-order valence-corrected chi connectivity index (χ2v) is 8.70. The molecule has 168 valence electrons. The van der Waals surface area contributed by atoms with Gasteiger partial charge in [0, 0.05) is 41.7 Å². The lowest BCUT2D eigenvalue weighted by atomic mass is 9.93. The number of halogens is 1. The van der Waals surface area contributed by atoms with E-state index < -0.39 is 12.1 Å². The number of benzene rings is 1. The third-order valence-electron chi connectivity index (χ3n) is 5.93. The average Bonchev–Trinajstić information content (AvgIpc) is 3.25. The first-order valence-electron chi connectivity index (χ1n) is 10.4. The standard InChI is InChI=1S/C22H20BrN7O3/c23-17-18(12-5-7-29(8-6-12)21(31)28-22(32)33)27-20-15(11-26-30(20)19(17)24)14-9-13-3-1-2-4-16(13)25-10-14/h1-4,9-12H,5-8,24H2,(H,28,31)(H,32,33). The van der Waals surface area contributed by atoms with E-state index in [0.29, 0.717) is 41.9 Å². The molecule has 0 atom stereocenters. The lowest BCUT2D eigenvalue weighted by molar-refractivity contribution is 0.167. The molecule has 3 aromatic heterocycles. The van der Waals surface area contributed by atoms with E-state index >= 15 is 0 Å². The molecule has 0 unspecified atom stereocenters. The van der Waals surface area contributed by atoms with Crippen molar-refractivity contribution < 1.29 is 14.7 Å². The van der Waals surface area contributed by atoms with Gasteiger partial charge in [0.05, 0.1) is 21.9 Å². The molecule has 1 saturated heterocycles. The molecule has 4 heterocycles. The van der Waals surface area contributed by atoms with Crippen molar-refractivity contribution >= 4 is 50.4 Å². The van der Waals surface area contributed by atoms with Crippen LogP contribution in [0.3, 0.4) is 0 Å². The van der Waals surface area contributed by atoms with E-state index in [1.807, 2.05) is 29.6 Å². The summed E-state index contributed by atoms with van der Waals surface area (Å²) in [5, 5.41) is 16.1. The molecule has 0 aliphatic carbocycles. The molecular weight excluding hydrogens is 490 g/mol. The zero-order valence-corrected chi connectivity index (χ0v) is 19.0. The average molecular weight is 510 g/mol. The van der Waals surface area contributed by atoms with Crippen LogP contribution >= 0.6 is 15.9 Å². The minimum absolute atomic E-state index is 0.0537. The summed E-state index contributed by atoms with van der Waals surface area (Å²) in [6.07, 6.45) is 3.45. The number of carbonyl (C=O) groups excluding carboxylic acids is 1. The molecule has 0 radical (unpaired) electrons. The molecular formula is C22H20BrN7O3. The highest BCUT2D eigenvalue weighted by Gasteiger charge is 2.28. The lowest BCUT2D eigenvalue weighted by Gasteiger charge is -2.31. The van der Waals surface area contributed by atoms with Crippen molar-refractivity contribution in [2.75, 3.05) is 18.8 Å². The van der Waals surface area contributed by atoms with Crippen LogP contribution in [-0.4, -0.2) is 54.8 Å². The number of carbonyl (C=O) groups is 2. The number of pyridine rings is 1. The number of nitrogens with two attached hydrogens (primary N) is 1. The third-order valence-corrected chi connectivity index (χ3v) is 6.74. The number of carboxylic acid groups (broad SMARTS) is 1. The molecule has 1 aliphatic rings. The Morgan fingerprint density at radius 3 is 2.70 bits per heavy atom. The van der Waals surface area contributed by atoms with E-state index in [4.69, 9.17) is 15.8 Å². The van der Waals surface area contributed by atoms with Crippen molar-refractivity contribution in [1.82, 2.24) is 29.8 Å². The van der Waals surface area contributed by atoms with Gasteiger partial charge in [0.25, 0.3) is 0 Å². The number of hydrogen-bond acceptors (Lipinski definition) is 6. The van der Waals surface area contributed by atoms with Crippen molar-refractivity contribution in [2.45, 2.75) is 18.8 Å². The van der Waals surface area contributed by atoms with Crippen molar-refractivity contribution in [2.24, 2.45) is 0 Å². The Morgan fingerprint density at radius 1 is 1.18 bits per heavy atom. The maximum absolute atomic E-state index is 12.0. The molecule has 0 spiro atoms. The zero-order chi connectivity index (χ0) is 23.1. The summed E-state index contributed by atoms with van der Waals surface area (Å²) in [7, 11) is 0. The van der Waals surface area contributed by atoms with Crippen molar-refractivity contribution in [3.63, 3.8) is 0 Å². The first-order valence-corrected chi connectivity index (χ1v) is 11.2. The fourth-order valence-electron chi connectivity index (χ4n) is 4.23. The van der Waals surface area contributed by atoms with Crippen LogP contribution in [0.25, 0.3) is 27.7 Å². The number of fused-ring (bicyclic) bond motifs is 2. The van der Waals surface area contributed by atoms with Gasteiger partial charge in [-0.15, -0.1) is 0 Å². The Balaban J connectivity index is 1.49. The Kier molecular flexibility index (Phi) is 5.33. The Bertz CT molecular complexity index is 1400. The number of amides is 3. The fourth-order valence-corrected chi connectivity index (χ4v) is 4.81. The maximum Gasteiger partial charge on any atom is 0.412 e. The van der Waals surface area contributed by atoms with Gasteiger partial charge in [-0.2, -0.15) is 9.61 Å². The summed E-state index contributed by atoms with van der Waals surface area (Å²) in [5.41, 5.74) is 10.5. The first-order chi connectivity index (χ1) is 15.9. The number of urea groups is 1. The van der Waals surface area contributed by atoms with E-state index in [-0.39, 0.29) is 5.92 Å². The van der Waals surface area contributed by atoms with Crippen LogP contribution in [-0.2, 0) is 0 Å². The number of nitrogen functional groups attached to an aromatic ring is 1. The number of aromatic nitrogens is 4. The highest BCUT2D eigenvalue weighted by molar-refractivity contribution is 9.10. The number of nitrogens with zero attached hydrogens (tertiary/aromatic N) is 5. The largest absolute Gasteiger partial charge is 0.465 e. The van der Waals surface area contributed by atoms with Gasteiger partial charge in [0.2, 0.25) is 0 Å². The Morgan fingerprint density at radius 2 is 1.94 bits per heavy atom. The molecule has 4 N–H and O–H groups in total. The van der Waals surface area contributed by atoms with Crippen molar-refractivity contribution in [3.8, 4) is 11.1 Å². The van der Waals surface area contributed by atoms with Crippen LogP contribution < -0.4 is 11.1 Å². The van der Waals surface area contributed by atoms with Crippen LogP contribution in [0, 0.1) is 0 Å². The van der Waals surface area contributed by atoms with E-state index in [0.717, 1.165) is 27.7 Å². The lowest BCUT2D eigenvalue weighted by Crippen LogP contribution is -2.45. The number of para-hydroxylation sites is 1. The molecule has 4 aromatic rings. The normalized spacial score (nSPS) is 14.6. The predicted molar refractivity (Wildman–Crippen MR) is 126 cm³/mol. The minimum atomic E-state index is -1.36. The summed E-state index contributed by atoms with van der Waals surface area (Å²) in [6.45, 7) is 0.841. The number of imide groups is 1. The number of anilines is 1.